The summed E-state index contributed by atoms with van der Waals surface area (Å²) in [5, 5.41) is 21.5. The van der Waals surface area contributed by atoms with Crippen molar-refractivity contribution in [1.29, 1.82) is 0 Å². The maximum atomic E-state index is 12.4. The minimum atomic E-state index is -2.70. The highest BCUT2D eigenvalue weighted by Gasteiger charge is 2.16. The largest absolute Gasteiger partial charge is 0.507 e. The summed E-state index contributed by atoms with van der Waals surface area (Å²) in [5.74, 6) is -1.72. The van der Waals surface area contributed by atoms with Gasteiger partial charge >= 0.3 is 5.97 Å². The van der Waals surface area contributed by atoms with Gasteiger partial charge in [-0.25, -0.2) is 13.6 Å². The molecule has 0 aliphatic heterocycles. The van der Waals surface area contributed by atoms with E-state index in [9.17, 15) is 18.7 Å². The third-order valence-corrected chi connectivity index (χ3v) is 2.27. The van der Waals surface area contributed by atoms with Gasteiger partial charge in [0.2, 0.25) is 0 Å². The maximum absolute atomic E-state index is 12.4. The first-order valence-electron chi connectivity index (χ1n) is 4.80. The Kier molecular flexibility index (Phi) is 2.97. The van der Waals surface area contributed by atoms with Crippen molar-refractivity contribution in [3.8, 4) is 17.1 Å². The molecule has 0 bridgehead atoms. The Labute approximate surface area is 99.3 Å². The van der Waals surface area contributed by atoms with Crippen molar-refractivity contribution in [2.75, 3.05) is 0 Å². The molecular formula is C11H7F2NO4. The van der Waals surface area contributed by atoms with Gasteiger partial charge in [0.05, 0.1) is 5.56 Å². The van der Waals surface area contributed by atoms with E-state index in [1.165, 1.54) is 6.07 Å². The fourth-order valence-electron chi connectivity index (χ4n) is 1.40. The molecule has 0 aliphatic carbocycles. The maximum Gasteiger partial charge on any atom is 0.358 e. The van der Waals surface area contributed by atoms with Gasteiger partial charge in [-0.2, -0.15) is 0 Å². The predicted octanol–water partition coefficient (Wildman–Crippen LogP) is 2.68. The molecule has 0 atom stereocenters. The lowest BCUT2D eigenvalue weighted by atomic mass is 10.1. The Balaban J connectivity index is 2.41. The molecule has 2 rings (SSSR count). The number of nitrogens with zero attached hydrogens (tertiary/aromatic N) is 1. The van der Waals surface area contributed by atoms with Crippen molar-refractivity contribution in [2.24, 2.45) is 0 Å². The van der Waals surface area contributed by atoms with Crippen LogP contribution in [0.1, 0.15) is 22.5 Å². The number of phenolic OH excluding ortho intramolecular Hbond substituents is 1. The van der Waals surface area contributed by atoms with E-state index in [4.69, 9.17) is 9.63 Å². The average molecular weight is 255 g/mol. The highest BCUT2D eigenvalue weighted by Crippen LogP contribution is 2.33. The number of halogens is 2. The molecule has 18 heavy (non-hydrogen) atoms. The van der Waals surface area contributed by atoms with E-state index < -0.39 is 18.1 Å². The van der Waals surface area contributed by atoms with Gasteiger partial charge in [0.25, 0.3) is 6.43 Å². The molecule has 0 spiro atoms. The highest BCUT2D eigenvalue weighted by atomic mass is 19.3. The highest BCUT2D eigenvalue weighted by molar-refractivity contribution is 5.86. The number of hydrogen-bond donors (Lipinski definition) is 2. The van der Waals surface area contributed by atoms with Crippen LogP contribution in [-0.2, 0) is 0 Å². The molecule has 5 nitrogen and oxygen atoms in total. The Morgan fingerprint density at radius 2 is 2.06 bits per heavy atom. The Hall–Kier alpha value is -2.44. The Bertz CT molecular complexity index is 594. The van der Waals surface area contributed by atoms with Crippen LogP contribution >= 0.6 is 0 Å². The number of carboxylic acid groups (broad SMARTS) is 1. The van der Waals surface area contributed by atoms with Crippen LogP contribution in [-0.4, -0.2) is 21.3 Å². The van der Waals surface area contributed by atoms with Gasteiger partial charge in [0.1, 0.15) is 5.75 Å². The van der Waals surface area contributed by atoms with Crippen LogP contribution in [0.5, 0.6) is 5.75 Å². The second-order valence-corrected chi connectivity index (χ2v) is 3.46. The molecule has 0 amide bonds. The van der Waals surface area contributed by atoms with E-state index in [1.807, 2.05) is 0 Å². The lowest BCUT2D eigenvalue weighted by Gasteiger charge is -2.03. The zero-order valence-electron chi connectivity index (χ0n) is 8.80. The zero-order chi connectivity index (χ0) is 13.3. The van der Waals surface area contributed by atoms with Gasteiger partial charge in [-0.15, -0.1) is 0 Å². The number of carbonyl (C=O) groups is 1. The summed E-state index contributed by atoms with van der Waals surface area (Å²) < 4.78 is 29.4. The number of carboxylic acids is 1. The van der Waals surface area contributed by atoms with Crippen molar-refractivity contribution in [2.45, 2.75) is 6.43 Å². The van der Waals surface area contributed by atoms with Crippen LogP contribution in [0.3, 0.4) is 0 Å². The van der Waals surface area contributed by atoms with Gasteiger partial charge in [-0.1, -0.05) is 11.2 Å². The molecule has 0 aliphatic rings. The van der Waals surface area contributed by atoms with Crippen molar-refractivity contribution >= 4 is 5.97 Å². The summed E-state index contributed by atoms with van der Waals surface area (Å²) in [7, 11) is 0. The van der Waals surface area contributed by atoms with E-state index in [1.54, 1.807) is 0 Å². The standard InChI is InChI=1S/C11H7F2NO4/c12-10(13)5-1-2-6(8(15)3-5)9-4-7(11(16)17)14-18-9/h1-4,10,15H,(H,16,17). The minimum Gasteiger partial charge on any atom is -0.507 e. The summed E-state index contributed by atoms with van der Waals surface area (Å²) in [6.45, 7) is 0. The summed E-state index contributed by atoms with van der Waals surface area (Å²) in [4.78, 5) is 10.6. The number of alkyl halides is 2. The third-order valence-electron chi connectivity index (χ3n) is 2.27. The zero-order valence-corrected chi connectivity index (χ0v) is 8.80. The van der Waals surface area contributed by atoms with Crippen LogP contribution in [0, 0.1) is 0 Å². The average Bonchev–Trinajstić information content (AvgIpc) is 2.78. The Morgan fingerprint density at radius 3 is 2.56 bits per heavy atom. The number of aromatic carboxylic acids is 1. The van der Waals surface area contributed by atoms with Gasteiger partial charge in [-0.05, 0) is 12.1 Å². The van der Waals surface area contributed by atoms with E-state index in [0.717, 1.165) is 18.2 Å². The van der Waals surface area contributed by atoms with Crippen molar-refractivity contribution in [1.82, 2.24) is 5.16 Å². The van der Waals surface area contributed by atoms with Crippen LogP contribution < -0.4 is 0 Å². The van der Waals surface area contributed by atoms with Gasteiger partial charge < -0.3 is 14.7 Å². The molecule has 0 saturated carbocycles. The molecule has 0 saturated heterocycles. The number of benzene rings is 1. The van der Waals surface area contributed by atoms with Crippen LogP contribution in [0.4, 0.5) is 8.78 Å². The van der Waals surface area contributed by atoms with Crippen molar-refractivity contribution in [3.63, 3.8) is 0 Å². The number of aromatic nitrogens is 1. The molecule has 0 unspecified atom stereocenters. The normalized spacial score (nSPS) is 10.8. The smallest absolute Gasteiger partial charge is 0.358 e. The van der Waals surface area contributed by atoms with Gasteiger partial charge in [-0.3, -0.25) is 0 Å². The van der Waals surface area contributed by atoms with Crippen LogP contribution in [0.2, 0.25) is 0 Å². The van der Waals surface area contributed by atoms with E-state index >= 15 is 0 Å². The molecule has 0 radical (unpaired) electrons. The molecule has 2 aromatic rings. The lowest BCUT2D eigenvalue weighted by Crippen LogP contribution is -1.94. The molecule has 7 heteroatoms. The van der Waals surface area contributed by atoms with Crippen molar-refractivity contribution in [3.05, 3.63) is 35.5 Å². The number of hydrogen-bond acceptors (Lipinski definition) is 4. The summed E-state index contributed by atoms with van der Waals surface area (Å²) >= 11 is 0. The molecule has 1 aromatic heterocycles. The number of rotatable bonds is 3. The SMILES string of the molecule is O=C(O)c1cc(-c2ccc(C(F)F)cc2O)on1. The third kappa shape index (κ3) is 2.15. The molecular weight excluding hydrogens is 248 g/mol. The van der Waals surface area contributed by atoms with E-state index in [2.05, 4.69) is 5.16 Å². The summed E-state index contributed by atoms with van der Waals surface area (Å²) in [6.07, 6.45) is -2.70. The van der Waals surface area contributed by atoms with Crippen LogP contribution in [0.15, 0.2) is 28.8 Å². The Morgan fingerprint density at radius 1 is 1.33 bits per heavy atom. The molecule has 2 N–H and O–H groups in total. The van der Waals surface area contributed by atoms with Gasteiger partial charge in [0, 0.05) is 11.6 Å². The van der Waals surface area contributed by atoms with Crippen molar-refractivity contribution < 1.29 is 28.3 Å². The molecule has 1 heterocycles. The number of phenols is 1. The van der Waals surface area contributed by atoms with Gasteiger partial charge in [0.15, 0.2) is 11.5 Å². The first kappa shape index (κ1) is 12.0. The molecule has 94 valence electrons. The van der Waals surface area contributed by atoms with E-state index in [-0.39, 0.29) is 22.6 Å². The van der Waals surface area contributed by atoms with Crippen LogP contribution in [0.25, 0.3) is 11.3 Å². The summed E-state index contributed by atoms with van der Waals surface area (Å²) in [5.41, 5.74) is -0.573. The fraction of sp³-hybridized carbons (Fsp3) is 0.0909. The fourth-order valence-corrected chi connectivity index (χ4v) is 1.40. The predicted molar refractivity (Wildman–Crippen MR) is 55.5 cm³/mol. The second kappa shape index (κ2) is 4.44. The monoisotopic (exact) mass is 255 g/mol. The first-order chi connectivity index (χ1) is 8.49. The summed E-state index contributed by atoms with van der Waals surface area (Å²) in [6, 6.07) is 4.31. The topological polar surface area (TPSA) is 83.6 Å². The molecule has 0 fully saturated rings. The quantitative estimate of drug-likeness (QED) is 0.880. The molecule has 1 aromatic carbocycles. The second-order valence-electron chi connectivity index (χ2n) is 3.46. The first-order valence-corrected chi connectivity index (χ1v) is 4.80. The minimum absolute atomic E-state index is 0.00860. The lowest BCUT2D eigenvalue weighted by molar-refractivity contribution is 0.0685. The van der Waals surface area contributed by atoms with E-state index in [0.29, 0.717) is 0 Å². The number of aromatic hydroxyl groups is 1.